The van der Waals surface area contributed by atoms with Crippen LogP contribution in [0.1, 0.15) is 33.3 Å². The molecular formula is C13H15Cl3N2O3. The lowest BCUT2D eigenvalue weighted by molar-refractivity contribution is 0.0586. The third-order valence-corrected chi connectivity index (χ3v) is 4.04. The Kier molecular flexibility index (Phi) is 4.88. The molecule has 1 aromatic heterocycles. The third-order valence-electron chi connectivity index (χ3n) is 3.52. The van der Waals surface area contributed by atoms with Gasteiger partial charge in [-0.25, -0.2) is 4.79 Å². The molecule has 0 amide bonds. The average molecular weight is 354 g/mol. The molecule has 1 saturated heterocycles. The van der Waals surface area contributed by atoms with Crippen LogP contribution in [0.25, 0.3) is 0 Å². The van der Waals surface area contributed by atoms with Gasteiger partial charge in [-0.3, -0.25) is 4.79 Å². The van der Waals surface area contributed by atoms with Crippen LogP contribution in [0.3, 0.4) is 0 Å². The Balaban J connectivity index is 2.41. The van der Waals surface area contributed by atoms with Gasteiger partial charge >= 0.3 is 5.97 Å². The number of aromatic nitrogens is 1. The van der Waals surface area contributed by atoms with Crippen molar-refractivity contribution in [3.05, 3.63) is 23.5 Å². The zero-order valence-electron chi connectivity index (χ0n) is 11.6. The summed E-state index contributed by atoms with van der Waals surface area (Å²) in [6.45, 7) is 1.69. The van der Waals surface area contributed by atoms with Crippen LogP contribution >= 0.6 is 34.8 Å². The van der Waals surface area contributed by atoms with Crippen LogP contribution in [0.2, 0.25) is 0 Å². The van der Waals surface area contributed by atoms with Gasteiger partial charge in [0.2, 0.25) is 5.78 Å². The highest BCUT2D eigenvalue weighted by atomic mass is 35.6. The van der Waals surface area contributed by atoms with Gasteiger partial charge in [0.15, 0.2) is 0 Å². The first-order chi connectivity index (χ1) is 9.74. The van der Waals surface area contributed by atoms with E-state index < -0.39 is 15.5 Å². The van der Waals surface area contributed by atoms with Crippen molar-refractivity contribution in [2.75, 3.05) is 27.2 Å². The fourth-order valence-corrected chi connectivity index (χ4v) is 2.80. The number of Topliss-reactive ketones (excluding diaryl/α,β-unsaturated/α-hetero) is 1. The van der Waals surface area contributed by atoms with Crippen molar-refractivity contribution in [2.24, 2.45) is 0 Å². The molecule has 0 spiro atoms. The number of carbonyl (C=O) groups excluding carboxylic acids is 2. The Morgan fingerprint density at radius 1 is 1.38 bits per heavy atom. The Labute approximate surface area is 137 Å². The van der Waals surface area contributed by atoms with Crippen LogP contribution in [0.4, 0.5) is 0 Å². The summed E-state index contributed by atoms with van der Waals surface area (Å²) in [6.07, 6.45) is 2.43. The number of carbonyl (C=O) groups is 2. The van der Waals surface area contributed by atoms with E-state index >= 15 is 0 Å². The van der Waals surface area contributed by atoms with Gasteiger partial charge in [0.05, 0.1) is 7.11 Å². The zero-order valence-corrected chi connectivity index (χ0v) is 13.9. The van der Waals surface area contributed by atoms with Gasteiger partial charge in [-0.15, -0.1) is 0 Å². The lowest BCUT2D eigenvalue weighted by Crippen LogP contribution is -2.19. The van der Waals surface area contributed by atoms with Crippen molar-refractivity contribution >= 4 is 46.6 Å². The highest BCUT2D eigenvalue weighted by Crippen LogP contribution is 2.32. The van der Waals surface area contributed by atoms with E-state index in [-0.39, 0.29) is 17.3 Å². The van der Waals surface area contributed by atoms with Crippen molar-refractivity contribution in [3.8, 4) is 0 Å². The number of hydrogen-bond acceptors (Lipinski definition) is 4. The second-order valence-electron chi connectivity index (χ2n) is 5.04. The first-order valence-corrected chi connectivity index (χ1v) is 7.47. The maximum atomic E-state index is 12.1. The number of esters is 1. The molecule has 1 fully saturated rings. The van der Waals surface area contributed by atoms with Gasteiger partial charge in [-0.05, 0) is 26.1 Å². The van der Waals surface area contributed by atoms with Crippen LogP contribution in [0.15, 0.2) is 12.3 Å². The monoisotopic (exact) mass is 352 g/mol. The second-order valence-corrected chi connectivity index (χ2v) is 7.33. The minimum absolute atomic E-state index is 0.0843. The number of methoxy groups -OCH3 is 1. The maximum Gasteiger partial charge on any atom is 0.354 e. The van der Waals surface area contributed by atoms with E-state index in [4.69, 9.17) is 39.5 Å². The predicted octanol–water partition coefficient (Wildman–Crippen LogP) is 2.70. The summed E-state index contributed by atoms with van der Waals surface area (Å²) in [6, 6.07) is 1.50. The van der Waals surface area contributed by atoms with Gasteiger partial charge in [0, 0.05) is 24.3 Å². The second kappa shape index (κ2) is 6.16. The molecule has 5 nitrogen and oxygen atoms in total. The van der Waals surface area contributed by atoms with E-state index in [1.807, 2.05) is 7.05 Å². The van der Waals surface area contributed by atoms with Crippen molar-refractivity contribution in [1.82, 2.24) is 9.47 Å². The third kappa shape index (κ3) is 3.54. The smallest absolute Gasteiger partial charge is 0.354 e. The topological polar surface area (TPSA) is 51.5 Å². The summed E-state index contributed by atoms with van der Waals surface area (Å²) in [5.74, 6) is -1.18. The molecule has 0 saturated carbocycles. The van der Waals surface area contributed by atoms with Gasteiger partial charge in [0.25, 0.3) is 3.79 Å². The highest BCUT2D eigenvalue weighted by molar-refractivity contribution is 6.77. The van der Waals surface area contributed by atoms with E-state index in [0.29, 0.717) is 0 Å². The molecule has 8 heteroatoms. The van der Waals surface area contributed by atoms with E-state index in [1.54, 1.807) is 10.8 Å². The van der Waals surface area contributed by atoms with Crippen molar-refractivity contribution < 1.29 is 14.3 Å². The van der Waals surface area contributed by atoms with Gasteiger partial charge in [0.1, 0.15) is 5.69 Å². The average Bonchev–Trinajstić information content (AvgIpc) is 3.01. The predicted molar refractivity (Wildman–Crippen MR) is 81.5 cm³/mol. The van der Waals surface area contributed by atoms with Crippen LogP contribution < -0.4 is 0 Å². The first-order valence-electron chi connectivity index (χ1n) is 6.34. The molecule has 1 aromatic rings. The SMILES string of the molecule is COC(=O)c1cc(C(=O)C(Cl)(Cl)Cl)cn1C1CCN(C)C1. The standard InChI is InChI=1S/C13H15Cl3N2O3/c1-17-4-3-9(7-17)18-6-8(11(19)13(14,15)16)5-10(18)12(20)21-2/h5-6,9H,3-4,7H2,1-2H3. The van der Waals surface area contributed by atoms with Crippen LogP contribution in [0.5, 0.6) is 0 Å². The summed E-state index contributed by atoms with van der Waals surface area (Å²) in [4.78, 5) is 26.1. The molecule has 0 aliphatic carbocycles. The minimum atomic E-state index is -2.05. The Morgan fingerprint density at radius 3 is 2.52 bits per heavy atom. The number of nitrogens with zero attached hydrogens (tertiary/aromatic N) is 2. The number of likely N-dealkylation sites (N-methyl/N-ethyl adjacent to an activating group) is 1. The molecular weight excluding hydrogens is 339 g/mol. The molecule has 1 atom stereocenters. The molecule has 2 rings (SSSR count). The van der Waals surface area contributed by atoms with Gasteiger partial charge < -0.3 is 14.2 Å². The normalized spacial score (nSPS) is 19.8. The number of ether oxygens (including phenoxy) is 1. The molecule has 116 valence electrons. The zero-order chi connectivity index (χ0) is 15.8. The quantitative estimate of drug-likeness (QED) is 0.476. The van der Waals surface area contributed by atoms with Crippen LogP contribution in [-0.4, -0.2) is 52.3 Å². The number of halogens is 3. The lowest BCUT2D eigenvalue weighted by atomic mass is 10.2. The molecule has 1 unspecified atom stereocenters. The molecule has 2 heterocycles. The lowest BCUT2D eigenvalue weighted by Gasteiger charge is -2.15. The van der Waals surface area contributed by atoms with Crippen LogP contribution in [0, 0.1) is 0 Å². The number of ketones is 1. The number of likely N-dealkylation sites (tertiary alicyclic amines) is 1. The fraction of sp³-hybridized carbons (Fsp3) is 0.538. The van der Waals surface area contributed by atoms with E-state index in [2.05, 4.69) is 4.90 Å². The molecule has 0 bridgehead atoms. The Bertz CT molecular complexity index is 565. The molecule has 1 aliphatic rings. The Morgan fingerprint density at radius 2 is 2.05 bits per heavy atom. The van der Waals surface area contributed by atoms with Crippen LogP contribution in [-0.2, 0) is 4.74 Å². The van der Waals surface area contributed by atoms with E-state index in [0.717, 1.165) is 19.5 Å². The summed E-state index contributed by atoms with van der Waals surface area (Å²) in [5.41, 5.74) is 0.473. The van der Waals surface area contributed by atoms with Crippen molar-refractivity contribution in [3.63, 3.8) is 0 Å². The largest absolute Gasteiger partial charge is 0.464 e. The van der Waals surface area contributed by atoms with E-state index in [1.165, 1.54) is 13.2 Å². The van der Waals surface area contributed by atoms with Gasteiger partial charge in [-0.1, -0.05) is 34.8 Å². The summed E-state index contributed by atoms with van der Waals surface area (Å²) < 4.78 is 4.44. The van der Waals surface area contributed by atoms with Gasteiger partial charge in [-0.2, -0.15) is 0 Å². The summed E-state index contributed by atoms with van der Waals surface area (Å²) in [7, 11) is 3.28. The molecule has 0 aromatic carbocycles. The Hall–Kier alpha value is -0.750. The molecule has 0 radical (unpaired) electrons. The molecule has 0 N–H and O–H groups in total. The fourth-order valence-electron chi connectivity index (χ4n) is 2.48. The van der Waals surface area contributed by atoms with E-state index in [9.17, 15) is 9.59 Å². The minimum Gasteiger partial charge on any atom is -0.464 e. The molecule has 1 aliphatic heterocycles. The summed E-state index contributed by atoms with van der Waals surface area (Å²) >= 11 is 16.9. The number of hydrogen-bond donors (Lipinski definition) is 0. The number of alkyl halides is 3. The molecule has 21 heavy (non-hydrogen) atoms. The summed E-state index contributed by atoms with van der Waals surface area (Å²) in [5, 5.41) is 0. The number of rotatable bonds is 3. The van der Waals surface area contributed by atoms with Crippen molar-refractivity contribution in [1.29, 1.82) is 0 Å². The van der Waals surface area contributed by atoms with Crippen molar-refractivity contribution in [2.45, 2.75) is 16.3 Å². The first kappa shape index (κ1) is 16.6. The maximum absolute atomic E-state index is 12.1. The highest BCUT2D eigenvalue weighted by Gasteiger charge is 2.35.